The van der Waals surface area contributed by atoms with Crippen molar-refractivity contribution in [3.05, 3.63) is 58.2 Å². The Morgan fingerprint density at radius 3 is 2.77 bits per heavy atom. The van der Waals surface area contributed by atoms with Gasteiger partial charge in [0.25, 0.3) is 0 Å². The molecule has 2 rings (SSSR count). The SMILES string of the molecule is COC(=O)C(=C/Cc1ccccc1)/C=c1/onc(N)/c1=C\O. The Hall–Kier alpha value is -3.02. The van der Waals surface area contributed by atoms with Gasteiger partial charge in [-0.25, -0.2) is 4.79 Å². The molecule has 0 saturated heterocycles. The number of hydrogen-bond acceptors (Lipinski definition) is 6. The number of esters is 1. The molecule has 0 fully saturated rings. The molecule has 0 aliphatic heterocycles. The second-order valence-electron chi connectivity index (χ2n) is 4.46. The Kier molecular flexibility index (Phi) is 4.98. The number of benzene rings is 1. The summed E-state index contributed by atoms with van der Waals surface area (Å²) in [4.78, 5) is 11.9. The Bertz CT molecular complexity index is 791. The summed E-state index contributed by atoms with van der Waals surface area (Å²) < 4.78 is 9.74. The summed E-state index contributed by atoms with van der Waals surface area (Å²) in [6.07, 6.45) is 4.47. The van der Waals surface area contributed by atoms with Crippen LogP contribution in [0.1, 0.15) is 5.56 Å². The van der Waals surface area contributed by atoms with E-state index in [-0.39, 0.29) is 22.0 Å². The lowest BCUT2D eigenvalue weighted by molar-refractivity contribution is -0.135. The van der Waals surface area contributed by atoms with Gasteiger partial charge in [0, 0.05) is 0 Å². The van der Waals surface area contributed by atoms with E-state index in [1.54, 1.807) is 6.08 Å². The van der Waals surface area contributed by atoms with E-state index in [0.29, 0.717) is 6.42 Å². The number of nitrogens with zero attached hydrogens (tertiary/aromatic N) is 1. The van der Waals surface area contributed by atoms with Gasteiger partial charge < -0.3 is 20.1 Å². The minimum Gasteiger partial charge on any atom is -0.515 e. The topological polar surface area (TPSA) is 98.6 Å². The van der Waals surface area contributed by atoms with Gasteiger partial charge >= 0.3 is 5.97 Å². The maximum atomic E-state index is 11.9. The molecule has 114 valence electrons. The molecule has 0 spiro atoms. The molecular formula is C16H16N2O4. The highest BCUT2D eigenvalue weighted by Crippen LogP contribution is 2.06. The number of allylic oxidation sites excluding steroid dienone is 1. The average molecular weight is 300 g/mol. The highest BCUT2D eigenvalue weighted by Gasteiger charge is 2.09. The van der Waals surface area contributed by atoms with Crippen molar-refractivity contribution in [1.82, 2.24) is 5.16 Å². The molecule has 0 bridgehead atoms. The molecule has 3 N–H and O–H groups in total. The first-order valence-electron chi connectivity index (χ1n) is 6.55. The molecular weight excluding hydrogens is 284 g/mol. The second kappa shape index (κ2) is 7.12. The van der Waals surface area contributed by atoms with Crippen LogP contribution < -0.4 is 16.4 Å². The van der Waals surface area contributed by atoms with Crippen LogP contribution in [0.2, 0.25) is 0 Å². The lowest BCUT2D eigenvalue weighted by atomic mass is 10.1. The first-order valence-corrected chi connectivity index (χ1v) is 6.55. The summed E-state index contributed by atoms with van der Waals surface area (Å²) >= 11 is 0. The summed E-state index contributed by atoms with van der Waals surface area (Å²) in [6, 6.07) is 9.65. The Labute approximate surface area is 126 Å². The zero-order valence-corrected chi connectivity index (χ0v) is 12.0. The van der Waals surface area contributed by atoms with Crippen LogP contribution >= 0.6 is 0 Å². The summed E-state index contributed by atoms with van der Waals surface area (Å²) in [5.74, 6) is -0.476. The molecule has 1 aromatic heterocycles. The molecule has 6 nitrogen and oxygen atoms in total. The maximum absolute atomic E-state index is 11.9. The molecule has 1 aromatic carbocycles. The summed E-state index contributed by atoms with van der Waals surface area (Å²) in [5, 5.41) is 12.9. The van der Waals surface area contributed by atoms with E-state index in [4.69, 9.17) is 20.1 Å². The third-order valence-electron chi connectivity index (χ3n) is 3.02. The number of aliphatic hydroxyl groups excluding tert-OH is 1. The van der Waals surface area contributed by atoms with Crippen molar-refractivity contribution >= 4 is 24.1 Å². The van der Waals surface area contributed by atoms with E-state index in [2.05, 4.69) is 5.16 Å². The number of carbonyl (C=O) groups excluding carboxylic acids is 1. The van der Waals surface area contributed by atoms with E-state index >= 15 is 0 Å². The zero-order chi connectivity index (χ0) is 15.9. The van der Waals surface area contributed by atoms with Crippen molar-refractivity contribution in [1.29, 1.82) is 0 Å². The van der Waals surface area contributed by atoms with Crippen LogP contribution in [0.4, 0.5) is 5.82 Å². The van der Waals surface area contributed by atoms with Crippen molar-refractivity contribution in [2.45, 2.75) is 6.42 Å². The minimum atomic E-state index is -0.519. The van der Waals surface area contributed by atoms with Crippen molar-refractivity contribution < 1.29 is 19.2 Å². The molecule has 2 aromatic rings. The van der Waals surface area contributed by atoms with E-state index in [9.17, 15) is 4.79 Å². The van der Waals surface area contributed by atoms with E-state index in [1.807, 2.05) is 30.3 Å². The van der Waals surface area contributed by atoms with Gasteiger partial charge in [0.1, 0.15) is 0 Å². The van der Waals surface area contributed by atoms with E-state index in [0.717, 1.165) is 11.8 Å². The van der Waals surface area contributed by atoms with Crippen LogP contribution in [-0.2, 0) is 16.0 Å². The Balaban J connectivity index is 2.41. The smallest absolute Gasteiger partial charge is 0.337 e. The molecule has 0 radical (unpaired) electrons. The van der Waals surface area contributed by atoms with Crippen molar-refractivity contribution in [3.63, 3.8) is 0 Å². The number of rotatable bonds is 4. The lowest BCUT2D eigenvalue weighted by Gasteiger charge is -2.00. The predicted octanol–water partition coefficient (Wildman–Crippen LogP) is 0.675. The fourth-order valence-corrected chi connectivity index (χ4v) is 1.86. The molecule has 0 atom stereocenters. The molecule has 1 heterocycles. The predicted molar refractivity (Wildman–Crippen MR) is 82.0 cm³/mol. The number of hydrogen-bond donors (Lipinski definition) is 2. The Morgan fingerprint density at radius 2 is 2.14 bits per heavy atom. The quantitative estimate of drug-likeness (QED) is 0.636. The second-order valence-corrected chi connectivity index (χ2v) is 4.46. The van der Waals surface area contributed by atoms with Crippen LogP contribution in [0.3, 0.4) is 0 Å². The molecule has 0 saturated carbocycles. The van der Waals surface area contributed by atoms with Gasteiger partial charge in [-0.2, -0.15) is 0 Å². The third-order valence-corrected chi connectivity index (χ3v) is 3.02. The van der Waals surface area contributed by atoms with Gasteiger partial charge in [-0.1, -0.05) is 41.6 Å². The Morgan fingerprint density at radius 1 is 1.41 bits per heavy atom. The molecule has 0 aliphatic carbocycles. The van der Waals surface area contributed by atoms with Gasteiger partial charge in [-0.05, 0) is 18.1 Å². The number of carbonyl (C=O) groups is 1. The average Bonchev–Trinajstić information content (AvgIpc) is 2.91. The summed E-state index contributed by atoms with van der Waals surface area (Å²) in [5.41, 5.74) is 7.06. The van der Waals surface area contributed by atoms with Gasteiger partial charge in [0.15, 0.2) is 11.2 Å². The number of nitrogen functional groups attached to an aromatic ring is 1. The standard InChI is InChI=1S/C16H16N2O4/c1-21-16(20)12(8-7-11-5-3-2-4-6-11)9-14-13(10-19)15(17)18-22-14/h2-6,8-10,19H,7H2,1H3,(H2,17,18)/b12-8+,13-10-,14-9+. The summed E-state index contributed by atoms with van der Waals surface area (Å²) in [7, 11) is 1.29. The first kappa shape index (κ1) is 15.4. The zero-order valence-electron chi connectivity index (χ0n) is 12.0. The molecule has 6 heteroatoms. The first-order chi connectivity index (χ1) is 10.7. The number of ether oxygens (including phenoxy) is 1. The number of anilines is 1. The van der Waals surface area contributed by atoms with Gasteiger partial charge in [-0.3, -0.25) is 0 Å². The van der Waals surface area contributed by atoms with Crippen LogP contribution in [0.15, 0.2) is 46.5 Å². The van der Waals surface area contributed by atoms with Gasteiger partial charge in [0.05, 0.1) is 24.2 Å². The molecule has 22 heavy (non-hydrogen) atoms. The highest BCUT2D eigenvalue weighted by atomic mass is 16.5. The number of methoxy groups -OCH3 is 1. The fraction of sp³-hybridized carbons (Fsp3) is 0.125. The van der Waals surface area contributed by atoms with Crippen molar-refractivity contribution in [2.75, 3.05) is 12.8 Å². The van der Waals surface area contributed by atoms with Crippen LogP contribution in [0.25, 0.3) is 12.3 Å². The van der Waals surface area contributed by atoms with Gasteiger partial charge in [-0.15, -0.1) is 0 Å². The molecule has 0 unspecified atom stereocenters. The van der Waals surface area contributed by atoms with Gasteiger partial charge in [0.2, 0.25) is 0 Å². The normalized spacial score (nSPS) is 13.4. The number of aromatic nitrogens is 1. The van der Waals surface area contributed by atoms with E-state index < -0.39 is 5.97 Å². The number of aliphatic hydroxyl groups is 1. The monoisotopic (exact) mass is 300 g/mol. The van der Waals surface area contributed by atoms with E-state index in [1.165, 1.54) is 13.2 Å². The highest BCUT2D eigenvalue weighted by molar-refractivity contribution is 5.97. The number of nitrogens with two attached hydrogens (primary N) is 1. The molecule has 0 aliphatic rings. The minimum absolute atomic E-state index is 0.0426. The third kappa shape index (κ3) is 3.54. The van der Waals surface area contributed by atoms with Crippen molar-refractivity contribution in [3.8, 4) is 0 Å². The largest absolute Gasteiger partial charge is 0.515 e. The fourth-order valence-electron chi connectivity index (χ4n) is 1.86. The van der Waals surface area contributed by atoms with Crippen molar-refractivity contribution in [2.24, 2.45) is 0 Å². The van der Waals surface area contributed by atoms with Crippen LogP contribution in [0, 0.1) is 0 Å². The van der Waals surface area contributed by atoms with Crippen LogP contribution in [0.5, 0.6) is 0 Å². The lowest BCUT2D eigenvalue weighted by Crippen LogP contribution is -2.23. The maximum Gasteiger partial charge on any atom is 0.337 e. The molecule has 0 amide bonds. The van der Waals surface area contributed by atoms with Crippen LogP contribution in [-0.4, -0.2) is 23.3 Å². The summed E-state index contributed by atoms with van der Waals surface area (Å²) in [6.45, 7) is 0.